The molecule has 0 saturated carbocycles. The van der Waals surface area contributed by atoms with Gasteiger partial charge in [-0.1, -0.05) is 11.6 Å². The molecule has 2 amide bonds. The molecule has 0 aromatic heterocycles. The third kappa shape index (κ3) is 3.21. The fourth-order valence-electron chi connectivity index (χ4n) is 3.11. The highest BCUT2D eigenvalue weighted by Gasteiger charge is 2.22. The van der Waals surface area contributed by atoms with Gasteiger partial charge in [-0.2, -0.15) is 0 Å². The van der Waals surface area contributed by atoms with Crippen molar-refractivity contribution in [3.8, 4) is 23.0 Å². The van der Waals surface area contributed by atoms with Crippen LogP contribution in [0.1, 0.15) is 20.7 Å². The summed E-state index contributed by atoms with van der Waals surface area (Å²) >= 11 is 5.99. The molecule has 144 valence electrons. The van der Waals surface area contributed by atoms with E-state index in [0.29, 0.717) is 50.5 Å². The second-order valence-corrected chi connectivity index (χ2v) is 6.87. The molecule has 29 heavy (non-hydrogen) atoms. The largest absolute Gasteiger partial charge is 0.454 e. The first-order chi connectivity index (χ1) is 14.1. The number of hydrogen-bond donors (Lipinski definition) is 2. The number of nitrogens with one attached hydrogen (secondary N) is 2. The van der Waals surface area contributed by atoms with Crippen LogP contribution in [0.3, 0.4) is 0 Å². The Kier molecular flexibility index (Phi) is 4.03. The lowest BCUT2D eigenvalue weighted by molar-refractivity contribution is 0.101. The quantitative estimate of drug-likeness (QED) is 0.643. The lowest BCUT2D eigenvalue weighted by Gasteiger charge is -2.10. The van der Waals surface area contributed by atoms with E-state index in [0.717, 1.165) is 0 Å². The summed E-state index contributed by atoms with van der Waals surface area (Å²) in [5.41, 5.74) is 1.63. The van der Waals surface area contributed by atoms with E-state index >= 15 is 0 Å². The van der Waals surface area contributed by atoms with E-state index in [1.807, 2.05) is 0 Å². The molecule has 0 atom stereocenters. The van der Waals surface area contributed by atoms with E-state index in [2.05, 4.69) is 10.6 Å². The Morgan fingerprint density at radius 1 is 0.931 bits per heavy atom. The molecule has 0 radical (unpaired) electrons. The maximum atomic E-state index is 12.6. The van der Waals surface area contributed by atoms with Crippen molar-refractivity contribution in [1.82, 2.24) is 0 Å². The summed E-state index contributed by atoms with van der Waals surface area (Å²) in [5.74, 6) is 1.28. The summed E-state index contributed by atoms with van der Waals surface area (Å²) in [5, 5.41) is 6.03. The normalized spacial score (nSPS) is 13.5. The van der Waals surface area contributed by atoms with Crippen LogP contribution >= 0.6 is 11.6 Å². The molecule has 2 N–H and O–H groups in total. The Balaban J connectivity index is 1.41. The molecule has 2 aliphatic heterocycles. The third-order valence-electron chi connectivity index (χ3n) is 4.53. The average molecular weight is 409 g/mol. The van der Waals surface area contributed by atoms with Crippen molar-refractivity contribution >= 4 is 34.8 Å². The van der Waals surface area contributed by atoms with Gasteiger partial charge in [-0.05, 0) is 54.6 Å². The van der Waals surface area contributed by atoms with Gasteiger partial charge in [0.15, 0.2) is 17.2 Å². The van der Waals surface area contributed by atoms with E-state index in [4.69, 9.17) is 25.8 Å². The van der Waals surface area contributed by atoms with Gasteiger partial charge in [-0.25, -0.2) is 0 Å². The van der Waals surface area contributed by atoms with Crippen LogP contribution in [-0.4, -0.2) is 18.6 Å². The number of rotatable bonds is 2. The minimum absolute atomic E-state index is 0.133. The number of amides is 2. The van der Waals surface area contributed by atoms with Gasteiger partial charge in [0.05, 0.1) is 11.3 Å². The number of hydrogen-bond acceptors (Lipinski definition) is 5. The molecular weight excluding hydrogens is 396 g/mol. The van der Waals surface area contributed by atoms with Crippen molar-refractivity contribution in [1.29, 1.82) is 0 Å². The Hall–Kier alpha value is -3.71. The van der Waals surface area contributed by atoms with Crippen LogP contribution < -0.4 is 24.8 Å². The summed E-state index contributed by atoms with van der Waals surface area (Å²) in [6.45, 7) is 0.133. The molecule has 5 rings (SSSR count). The number of carbonyl (C=O) groups is 2. The number of anilines is 2. The topological polar surface area (TPSA) is 85.9 Å². The molecule has 2 aliphatic rings. The lowest BCUT2D eigenvalue weighted by Crippen LogP contribution is -2.14. The molecule has 0 unspecified atom stereocenters. The SMILES string of the molecule is O=C(Nc1ccc2c(c1)C(=O)Nc1cc(Cl)ccc1O2)c1ccc2c(c1)OCO2. The molecule has 0 saturated heterocycles. The number of carbonyl (C=O) groups excluding carboxylic acids is 2. The van der Waals surface area contributed by atoms with E-state index < -0.39 is 0 Å². The zero-order valence-corrected chi connectivity index (χ0v) is 15.6. The number of fused-ring (bicyclic) bond motifs is 3. The molecule has 8 heteroatoms. The first-order valence-electron chi connectivity index (χ1n) is 8.71. The van der Waals surface area contributed by atoms with Crippen LogP contribution in [0.4, 0.5) is 11.4 Å². The van der Waals surface area contributed by atoms with Crippen LogP contribution in [0.15, 0.2) is 54.6 Å². The molecule has 3 aromatic rings. The van der Waals surface area contributed by atoms with E-state index in [-0.39, 0.29) is 18.6 Å². The van der Waals surface area contributed by atoms with Crippen molar-refractivity contribution in [2.45, 2.75) is 0 Å². The van der Waals surface area contributed by atoms with Crippen molar-refractivity contribution in [3.05, 3.63) is 70.7 Å². The van der Waals surface area contributed by atoms with Crippen molar-refractivity contribution in [2.75, 3.05) is 17.4 Å². The standard InChI is InChI=1S/C21H13ClN2O5/c22-12-2-5-17-15(8-12)24-21(26)14-9-13(3-6-16(14)29-17)23-20(25)11-1-4-18-19(7-11)28-10-27-18/h1-9H,10H2,(H,23,25)(H,24,26). The van der Waals surface area contributed by atoms with Crippen LogP contribution in [0.25, 0.3) is 0 Å². The third-order valence-corrected chi connectivity index (χ3v) is 4.76. The summed E-state index contributed by atoms with van der Waals surface area (Å²) in [6, 6.07) is 14.8. The van der Waals surface area contributed by atoms with Gasteiger partial charge < -0.3 is 24.8 Å². The summed E-state index contributed by atoms with van der Waals surface area (Å²) in [7, 11) is 0. The Labute approximate surface area is 170 Å². The second-order valence-electron chi connectivity index (χ2n) is 6.43. The monoisotopic (exact) mass is 408 g/mol. The molecule has 0 bridgehead atoms. The summed E-state index contributed by atoms with van der Waals surface area (Å²) in [6.07, 6.45) is 0. The molecule has 0 fully saturated rings. The number of ether oxygens (including phenoxy) is 3. The molecule has 0 spiro atoms. The minimum Gasteiger partial charge on any atom is -0.454 e. The Morgan fingerprint density at radius 3 is 2.62 bits per heavy atom. The highest BCUT2D eigenvalue weighted by molar-refractivity contribution is 6.31. The number of halogens is 1. The first-order valence-corrected chi connectivity index (χ1v) is 9.08. The molecule has 2 heterocycles. The maximum Gasteiger partial charge on any atom is 0.259 e. The van der Waals surface area contributed by atoms with Gasteiger partial charge in [0.1, 0.15) is 5.75 Å². The van der Waals surface area contributed by atoms with Crippen molar-refractivity contribution < 1.29 is 23.8 Å². The molecule has 3 aromatic carbocycles. The van der Waals surface area contributed by atoms with E-state index in [1.54, 1.807) is 54.6 Å². The summed E-state index contributed by atoms with van der Waals surface area (Å²) in [4.78, 5) is 25.2. The molecule has 0 aliphatic carbocycles. The van der Waals surface area contributed by atoms with Crippen molar-refractivity contribution in [3.63, 3.8) is 0 Å². The first kappa shape index (κ1) is 17.4. The maximum absolute atomic E-state index is 12.6. The van der Waals surface area contributed by atoms with Gasteiger partial charge in [-0.15, -0.1) is 0 Å². The zero-order valence-electron chi connectivity index (χ0n) is 14.8. The van der Waals surface area contributed by atoms with Crippen LogP contribution in [0.5, 0.6) is 23.0 Å². The van der Waals surface area contributed by atoms with Gasteiger partial charge >= 0.3 is 0 Å². The van der Waals surface area contributed by atoms with Crippen LogP contribution in [0.2, 0.25) is 5.02 Å². The van der Waals surface area contributed by atoms with Gasteiger partial charge in [-0.3, -0.25) is 9.59 Å². The predicted octanol–water partition coefficient (Wildman–Crippen LogP) is 4.68. The molecule has 7 nitrogen and oxygen atoms in total. The fourth-order valence-corrected chi connectivity index (χ4v) is 3.28. The summed E-state index contributed by atoms with van der Waals surface area (Å²) < 4.78 is 16.4. The van der Waals surface area contributed by atoms with Gasteiger partial charge in [0.25, 0.3) is 11.8 Å². The van der Waals surface area contributed by atoms with Crippen LogP contribution in [-0.2, 0) is 0 Å². The Bertz CT molecular complexity index is 1180. The highest BCUT2D eigenvalue weighted by atomic mass is 35.5. The molecular formula is C21H13ClN2O5. The second kappa shape index (κ2) is 6.72. The van der Waals surface area contributed by atoms with Gasteiger partial charge in [0.2, 0.25) is 6.79 Å². The number of benzene rings is 3. The highest BCUT2D eigenvalue weighted by Crippen LogP contribution is 2.38. The average Bonchev–Trinajstić information content (AvgIpc) is 3.13. The van der Waals surface area contributed by atoms with Gasteiger partial charge in [0, 0.05) is 16.3 Å². The smallest absolute Gasteiger partial charge is 0.259 e. The Morgan fingerprint density at radius 2 is 1.72 bits per heavy atom. The fraction of sp³-hybridized carbons (Fsp3) is 0.0476. The minimum atomic E-state index is -0.361. The van der Waals surface area contributed by atoms with Crippen molar-refractivity contribution in [2.24, 2.45) is 0 Å². The van der Waals surface area contributed by atoms with E-state index in [9.17, 15) is 9.59 Å². The lowest BCUT2D eigenvalue weighted by atomic mass is 10.1. The van der Waals surface area contributed by atoms with E-state index in [1.165, 1.54) is 0 Å². The predicted molar refractivity (Wildman–Crippen MR) is 106 cm³/mol. The van der Waals surface area contributed by atoms with Crippen LogP contribution in [0, 0.1) is 0 Å². The zero-order chi connectivity index (χ0) is 20.0.